The smallest absolute Gasteiger partial charge is 0.387 e. The standard InChI is InChI=1S/C16H17ClF2N4O2/c17-12-9-20-23(10-12)11-21-5-7-22(8-6-21)15(24)13-3-1-2-4-14(13)25-16(18)19/h1-4,9-10,16H,5-8,11H2. The molecule has 0 atom stereocenters. The van der Waals surface area contributed by atoms with Crippen molar-refractivity contribution in [1.82, 2.24) is 19.6 Å². The normalized spacial score (nSPS) is 15.6. The van der Waals surface area contributed by atoms with E-state index >= 15 is 0 Å². The molecule has 3 rings (SSSR count). The summed E-state index contributed by atoms with van der Waals surface area (Å²) >= 11 is 5.84. The Balaban J connectivity index is 1.60. The van der Waals surface area contributed by atoms with Crippen LogP contribution in [0.3, 0.4) is 0 Å². The SMILES string of the molecule is O=C(c1ccccc1OC(F)F)N1CCN(Cn2cc(Cl)cn2)CC1. The number of hydrogen-bond acceptors (Lipinski definition) is 4. The molecule has 0 spiro atoms. The van der Waals surface area contributed by atoms with Gasteiger partial charge in [-0.3, -0.25) is 14.4 Å². The first-order chi connectivity index (χ1) is 12.0. The molecule has 6 nitrogen and oxygen atoms in total. The lowest BCUT2D eigenvalue weighted by Crippen LogP contribution is -2.49. The number of piperazine rings is 1. The van der Waals surface area contributed by atoms with Crippen LogP contribution < -0.4 is 4.74 Å². The lowest BCUT2D eigenvalue weighted by atomic mass is 10.1. The molecule has 0 bridgehead atoms. The molecule has 0 radical (unpaired) electrons. The number of carbonyl (C=O) groups is 1. The number of hydrogen-bond donors (Lipinski definition) is 0. The third-order valence-corrected chi connectivity index (χ3v) is 4.13. The second kappa shape index (κ2) is 7.79. The predicted molar refractivity (Wildman–Crippen MR) is 87.8 cm³/mol. The van der Waals surface area contributed by atoms with Gasteiger partial charge in [0, 0.05) is 32.4 Å². The van der Waals surface area contributed by atoms with Crippen LogP contribution in [0.1, 0.15) is 10.4 Å². The molecule has 1 aromatic heterocycles. The van der Waals surface area contributed by atoms with Crippen LogP contribution in [0.5, 0.6) is 5.75 Å². The van der Waals surface area contributed by atoms with E-state index in [9.17, 15) is 13.6 Å². The van der Waals surface area contributed by atoms with Crippen molar-refractivity contribution in [2.24, 2.45) is 0 Å². The number of halogens is 3. The lowest BCUT2D eigenvalue weighted by molar-refractivity contribution is -0.0503. The molecule has 1 aromatic carbocycles. The molecule has 0 aliphatic carbocycles. The van der Waals surface area contributed by atoms with Gasteiger partial charge >= 0.3 is 6.61 Å². The highest BCUT2D eigenvalue weighted by Gasteiger charge is 2.25. The number of alkyl halides is 2. The largest absolute Gasteiger partial charge is 0.434 e. The van der Waals surface area contributed by atoms with E-state index < -0.39 is 6.61 Å². The van der Waals surface area contributed by atoms with Gasteiger partial charge in [0.05, 0.1) is 23.5 Å². The predicted octanol–water partition coefficient (Wildman–Crippen LogP) is 2.55. The average molecular weight is 371 g/mol. The summed E-state index contributed by atoms with van der Waals surface area (Å²) in [5.41, 5.74) is 0.148. The van der Waals surface area contributed by atoms with Gasteiger partial charge in [-0.1, -0.05) is 23.7 Å². The Morgan fingerprint density at radius 1 is 1.24 bits per heavy atom. The van der Waals surface area contributed by atoms with Gasteiger partial charge < -0.3 is 9.64 Å². The topological polar surface area (TPSA) is 50.6 Å². The number of para-hydroxylation sites is 1. The number of aromatic nitrogens is 2. The van der Waals surface area contributed by atoms with Crippen molar-refractivity contribution in [3.8, 4) is 5.75 Å². The zero-order valence-corrected chi connectivity index (χ0v) is 14.1. The Kier molecular flexibility index (Phi) is 5.50. The molecule has 1 fully saturated rings. The highest BCUT2D eigenvalue weighted by atomic mass is 35.5. The maximum atomic E-state index is 12.6. The summed E-state index contributed by atoms with van der Waals surface area (Å²) in [6.45, 7) is -0.0814. The van der Waals surface area contributed by atoms with Crippen LogP contribution >= 0.6 is 11.6 Å². The second-order valence-electron chi connectivity index (χ2n) is 5.62. The van der Waals surface area contributed by atoms with E-state index in [1.165, 1.54) is 12.1 Å². The van der Waals surface area contributed by atoms with Crippen molar-refractivity contribution in [1.29, 1.82) is 0 Å². The molecule has 0 N–H and O–H groups in total. The summed E-state index contributed by atoms with van der Waals surface area (Å²) in [6, 6.07) is 6.06. The summed E-state index contributed by atoms with van der Waals surface area (Å²) < 4.78 is 31.2. The van der Waals surface area contributed by atoms with Gasteiger partial charge in [0.2, 0.25) is 0 Å². The Morgan fingerprint density at radius 2 is 1.96 bits per heavy atom. The minimum Gasteiger partial charge on any atom is -0.434 e. The number of amides is 1. The molecule has 25 heavy (non-hydrogen) atoms. The fourth-order valence-corrected chi connectivity index (χ4v) is 2.88. The molecular formula is C16H17ClF2N4O2. The van der Waals surface area contributed by atoms with Crippen molar-refractivity contribution >= 4 is 17.5 Å². The summed E-state index contributed by atoms with van der Waals surface area (Å²) in [4.78, 5) is 16.4. The van der Waals surface area contributed by atoms with Crippen LogP contribution in [0.15, 0.2) is 36.7 Å². The van der Waals surface area contributed by atoms with E-state index in [1.54, 1.807) is 34.1 Å². The monoisotopic (exact) mass is 370 g/mol. The lowest BCUT2D eigenvalue weighted by Gasteiger charge is -2.34. The number of ether oxygens (including phenoxy) is 1. The Morgan fingerprint density at radius 3 is 2.60 bits per heavy atom. The van der Waals surface area contributed by atoms with Crippen LogP contribution in [-0.2, 0) is 6.67 Å². The van der Waals surface area contributed by atoms with Gasteiger partial charge in [0.25, 0.3) is 5.91 Å². The van der Waals surface area contributed by atoms with Gasteiger partial charge in [-0.25, -0.2) is 0 Å². The third-order valence-electron chi connectivity index (χ3n) is 3.94. The summed E-state index contributed by atoms with van der Waals surface area (Å²) in [6.07, 6.45) is 3.30. The first-order valence-corrected chi connectivity index (χ1v) is 8.14. The zero-order valence-electron chi connectivity index (χ0n) is 13.3. The van der Waals surface area contributed by atoms with E-state index in [1.807, 2.05) is 0 Å². The third kappa shape index (κ3) is 4.46. The number of benzene rings is 1. The van der Waals surface area contributed by atoms with Gasteiger partial charge in [0.1, 0.15) is 5.75 Å². The molecule has 134 valence electrons. The van der Waals surface area contributed by atoms with Gasteiger partial charge in [-0.2, -0.15) is 13.9 Å². The summed E-state index contributed by atoms with van der Waals surface area (Å²) in [5.74, 6) is -0.408. The molecule has 1 aliphatic heterocycles. The molecule has 0 saturated carbocycles. The van der Waals surface area contributed by atoms with Crippen LogP contribution in [0.2, 0.25) is 5.02 Å². The van der Waals surface area contributed by atoms with Crippen molar-refractivity contribution in [3.05, 3.63) is 47.2 Å². The molecule has 1 aliphatic rings. The van der Waals surface area contributed by atoms with E-state index in [0.29, 0.717) is 37.9 Å². The molecule has 2 aromatic rings. The maximum absolute atomic E-state index is 12.6. The zero-order chi connectivity index (χ0) is 17.8. The first kappa shape index (κ1) is 17.6. The second-order valence-corrected chi connectivity index (χ2v) is 6.06. The van der Waals surface area contributed by atoms with Crippen molar-refractivity contribution in [2.45, 2.75) is 13.3 Å². The molecule has 1 amide bonds. The maximum Gasteiger partial charge on any atom is 0.387 e. The van der Waals surface area contributed by atoms with E-state index in [0.717, 1.165) is 0 Å². The summed E-state index contributed by atoms with van der Waals surface area (Å²) in [5, 5.41) is 4.70. The van der Waals surface area contributed by atoms with Crippen molar-refractivity contribution in [3.63, 3.8) is 0 Å². The van der Waals surface area contributed by atoms with Crippen molar-refractivity contribution < 1.29 is 18.3 Å². The fourth-order valence-electron chi connectivity index (χ4n) is 2.73. The van der Waals surface area contributed by atoms with Crippen LogP contribution in [0.25, 0.3) is 0 Å². The molecule has 0 unspecified atom stereocenters. The van der Waals surface area contributed by atoms with Crippen LogP contribution in [0, 0.1) is 0 Å². The molecular weight excluding hydrogens is 354 g/mol. The average Bonchev–Trinajstić information content (AvgIpc) is 3.00. The van der Waals surface area contributed by atoms with Crippen LogP contribution in [0.4, 0.5) is 8.78 Å². The Bertz CT molecular complexity index is 732. The van der Waals surface area contributed by atoms with Crippen molar-refractivity contribution in [2.75, 3.05) is 26.2 Å². The van der Waals surface area contributed by atoms with Gasteiger partial charge in [-0.05, 0) is 12.1 Å². The summed E-state index contributed by atoms with van der Waals surface area (Å²) in [7, 11) is 0. The Labute approximate surface area is 148 Å². The number of rotatable bonds is 5. The highest BCUT2D eigenvalue weighted by Crippen LogP contribution is 2.22. The molecule has 9 heteroatoms. The minimum absolute atomic E-state index is 0.101. The Hall–Kier alpha value is -2.19. The van der Waals surface area contributed by atoms with Crippen LogP contribution in [-0.4, -0.2) is 58.3 Å². The number of nitrogens with zero attached hydrogens (tertiary/aromatic N) is 4. The minimum atomic E-state index is -2.97. The fraction of sp³-hybridized carbons (Fsp3) is 0.375. The number of carbonyl (C=O) groups excluding carboxylic acids is 1. The first-order valence-electron chi connectivity index (χ1n) is 7.76. The highest BCUT2D eigenvalue weighted by molar-refractivity contribution is 6.30. The van der Waals surface area contributed by atoms with Gasteiger partial charge in [0.15, 0.2) is 0 Å². The van der Waals surface area contributed by atoms with E-state index in [2.05, 4.69) is 14.7 Å². The van der Waals surface area contributed by atoms with Gasteiger partial charge in [-0.15, -0.1) is 0 Å². The molecule has 2 heterocycles. The van der Waals surface area contributed by atoms with E-state index in [4.69, 9.17) is 11.6 Å². The molecule has 1 saturated heterocycles. The van der Waals surface area contributed by atoms with E-state index in [-0.39, 0.29) is 17.2 Å². The quantitative estimate of drug-likeness (QED) is 0.811.